The van der Waals surface area contributed by atoms with Gasteiger partial charge in [-0.2, -0.15) is 0 Å². The van der Waals surface area contributed by atoms with Gasteiger partial charge in [-0.3, -0.25) is 9.59 Å². The Morgan fingerprint density at radius 1 is 1.61 bits per heavy atom. The smallest absolute Gasteiger partial charge is 0.253 e. The Labute approximate surface area is 106 Å². The summed E-state index contributed by atoms with van der Waals surface area (Å²) in [5.41, 5.74) is 0.203. The molecule has 1 aliphatic rings. The zero-order valence-electron chi connectivity index (χ0n) is 10.8. The van der Waals surface area contributed by atoms with Crippen molar-refractivity contribution in [2.45, 2.75) is 18.9 Å². The Balaban J connectivity index is 2.02. The maximum absolute atomic E-state index is 12.1. The van der Waals surface area contributed by atoms with Gasteiger partial charge in [0.25, 0.3) is 5.91 Å². The first-order valence-corrected chi connectivity index (χ1v) is 6.22. The van der Waals surface area contributed by atoms with Crippen LogP contribution in [-0.4, -0.2) is 53.9 Å². The minimum absolute atomic E-state index is 0.0959. The van der Waals surface area contributed by atoms with Crippen LogP contribution in [0.15, 0.2) is 23.1 Å². The second-order valence-electron chi connectivity index (χ2n) is 4.90. The van der Waals surface area contributed by atoms with Crippen molar-refractivity contribution < 1.29 is 4.79 Å². The molecule has 18 heavy (non-hydrogen) atoms. The van der Waals surface area contributed by atoms with E-state index in [2.05, 4.69) is 16.9 Å². The molecule has 1 fully saturated rings. The molecule has 1 N–H and O–H groups in total. The highest BCUT2D eigenvalue weighted by Gasteiger charge is 2.24. The van der Waals surface area contributed by atoms with E-state index < -0.39 is 0 Å². The molecular weight excluding hydrogens is 230 g/mol. The Bertz CT molecular complexity index is 483. The van der Waals surface area contributed by atoms with Crippen LogP contribution in [0.1, 0.15) is 23.2 Å². The lowest BCUT2D eigenvalue weighted by Crippen LogP contribution is -2.39. The van der Waals surface area contributed by atoms with Crippen LogP contribution in [0, 0.1) is 0 Å². The highest BCUT2D eigenvalue weighted by molar-refractivity contribution is 5.93. The maximum atomic E-state index is 12.1. The van der Waals surface area contributed by atoms with Gasteiger partial charge in [0.15, 0.2) is 0 Å². The summed E-state index contributed by atoms with van der Waals surface area (Å²) < 4.78 is 0. The van der Waals surface area contributed by atoms with Gasteiger partial charge < -0.3 is 14.8 Å². The average Bonchev–Trinajstić information content (AvgIpc) is 2.74. The van der Waals surface area contributed by atoms with Gasteiger partial charge in [-0.1, -0.05) is 0 Å². The fourth-order valence-corrected chi connectivity index (χ4v) is 2.41. The Morgan fingerprint density at radius 2 is 2.39 bits per heavy atom. The lowest BCUT2D eigenvalue weighted by atomic mass is 10.2. The summed E-state index contributed by atoms with van der Waals surface area (Å²) in [5, 5.41) is 0. The van der Waals surface area contributed by atoms with E-state index in [4.69, 9.17) is 0 Å². The Morgan fingerprint density at radius 3 is 3.00 bits per heavy atom. The summed E-state index contributed by atoms with van der Waals surface area (Å²) in [4.78, 5) is 29.8. The molecule has 0 radical (unpaired) electrons. The van der Waals surface area contributed by atoms with Gasteiger partial charge in [0.2, 0.25) is 5.56 Å². The van der Waals surface area contributed by atoms with Crippen molar-refractivity contribution in [2.75, 3.05) is 27.2 Å². The number of nitrogens with zero attached hydrogens (tertiary/aromatic N) is 2. The molecule has 98 valence electrons. The number of likely N-dealkylation sites (N-methyl/N-ethyl adjacent to an activating group) is 2. The van der Waals surface area contributed by atoms with E-state index in [1.54, 1.807) is 18.0 Å². The third-order valence-electron chi connectivity index (χ3n) is 3.52. The van der Waals surface area contributed by atoms with Crippen molar-refractivity contribution in [1.29, 1.82) is 0 Å². The third-order valence-corrected chi connectivity index (χ3v) is 3.52. The van der Waals surface area contributed by atoms with E-state index in [0.29, 0.717) is 18.2 Å². The summed E-state index contributed by atoms with van der Waals surface area (Å²) >= 11 is 0. The van der Waals surface area contributed by atoms with Crippen LogP contribution in [0.4, 0.5) is 0 Å². The largest absolute Gasteiger partial charge is 0.340 e. The van der Waals surface area contributed by atoms with E-state index in [9.17, 15) is 9.59 Å². The summed E-state index contributed by atoms with van der Waals surface area (Å²) in [6, 6.07) is 3.41. The number of likely N-dealkylation sites (tertiary alicyclic amines) is 1. The molecule has 5 nitrogen and oxygen atoms in total. The zero-order valence-corrected chi connectivity index (χ0v) is 10.8. The predicted octanol–water partition coefficient (Wildman–Crippen LogP) is 0.541. The highest BCUT2D eigenvalue weighted by Crippen LogP contribution is 2.16. The normalized spacial score (nSPS) is 20.0. The summed E-state index contributed by atoms with van der Waals surface area (Å²) in [7, 11) is 3.87. The number of hydrogen-bond acceptors (Lipinski definition) is 3. The van der Waals surface area contributed by atoms with Crippen molar-refractivity contribution in [3.63, 3.8) is 0 Å². The van der Waals surface area contributed by atoms with Crippen molar-refractivity contribution in [3.05, 3.63) is 34.2 Å². The molecule has 1 aliphatic heterocycles. The minimum atomic E-state index is -0.243. The monoisotopic (exact) mass is 249 g/mol. The molecule has 0 spiro atoms. The van der Waals surface area contributed by atoms with Crippen molar-refractivity contribution >= 4 is 5.91 Å². The molecule has 1 amide bonds. The summed E-state index contributed by atoms with van der Waals surface area (Å²) in [6.07, 6.45) is 3.82. The number of rotatable bonds is 3. The van der Waals surface area contributed by atoms with Crippen molar-refractivity contribution in [2.24, 2.45) is 0 Å². The number of hydrogen-bond donors (Lipinski definition) is 1. The van der Waals surface area contributed by atoms with Gasteiger partial charge in [-0.15, -0.1) is 0 Å². The van der Waals surface area contributed by atoms with Gasteiger partial charge in [-0.25, -0.2) is 0 Å². The topological polar surface area (TPSA) is 56.4 Å². The predicted molar refractivity (Wildman–Crippen MR) is 69.7 cm³/mol. The molecule has 1 aromatic rings. The zero-order chi connectivity index (χ0) is 13.1. The number of carbonyl (C=O) groups is 1. The lowest BCUT2D eigenvalue weighted by Gasteiger charge is -2.25. The van der Waals surface area contributed by atoms with Crippen LogP contribution in [0.25, 0.3) is 0 Å². The van der Waals surface area contributed by atoms with E-state index >= 15 is 0 Å². The summed E-state index contributed by atoms with van der Waals surface area (Å²) in [5.74, 6) is -0.0959. The fourth-order valence-electron chi connectivity index (χ4n) is 2.41. The second-order valence-corrected chi connectivity index (χ2v) is 4.90. The van der Waals surface area contributed by atoms with Crippen molar-refractivity contribution in [3.8, 4) is 0 Å². The molecule has 1 unspecified atom stereocenters. The SMILES string of the molecule is CN(CC1CCCN1C)C(=O)c1cc[nH]c(=O)c1. The molecule has 0 bridgehead atoms. The Hall–Kier alpha value is -1.62. The van der Waals surface area contributed by atoms with Gasteiger partial charge in [-0.05, 0) is 32.5 Å². The van der Waals surface area contributed by atoms with Crippen LogP contribution in [0.5, 0.6) is 0 Å². The molecule has 1 aromatic heterocycles. The first-order valence-electron chi connectivity index (χ1n) is 6.22. The fraction of sp³-hybridized carbons (Fsp3) is 0.538. The molecule has 2 rings (SSSR count). The maximum Gasteiger partial charge on any atom is 0.253 e. The molecule has 0 saturated carbocycles. The molecule has 5 heteroatoms. The number of carbonyl (C=O) groups excluding carboxylic acids is 1. The quantitative estimate of drug-likeness (QED) is 0.850. The van der Waals surface area contributed by atoms with Crippen LogP contribution in [0.3, 0.4) is 0 Å². The summed E-state index contributed by atoms with van der Waals surface area (Å²) in [6.45, 7) is 1.81. The molecule has 0 aromatic carbocycles. The van der Waals surface area contributed by atoms with E-state index in [-0.39, 0.29) is 11.5 Å². The van der Waals surface area contributed by atoms with E-state index in [0.717, 1.165) is 13.0 Å². The molecule has 1 atom stereocenters. The van der Waals surface area contributed by atoms with E-state index in [1.807, 2.05) is 0 Å². The van der Waals surface area contributed by atoms with Gasteiger partial charge in [0.05, 0.1) is 0 Å². The van der Waals surface area contributed by atoms with Gasteiger partial charge >= 0.3 is 0 Å². The Kier molecular flexibility index (Phi) is 3.81. The van der Waals surface area contributed by atoms with Gasteiger partial charge in [0, 0.05) is 37.5 Å². The second kappa shape index (κ2) is 5.35. The van der Waals surface area contributed by atoms with Crippen LogP contribution < -0.4 is 5.56 Å². The number of nitrogens with one attached hydrogen (secondary N) is 1. The number of H-pyrrole nitrogens is 1. The molecule has 1 saturated heterocycles. The van der Waals surface area contributed by atoms with Crippen LogP contribution in [-0.2, 0) is 0 Å². The molecule has 0 aliphatic carbocycles. The number of pyridine rings is 1. The first-order chi connectivity index (χ1) is 8.58. The molecule has 2 heterocycles. The van der Waals surface area contributed by atoms with Crippen molar-refractivity contribution in [1.82, 2.24) is 14.8 Å². The number of aromatic nitrogens is 1. The van der Waals surface area contributed by atoms with Gasteiger partial charge in [0.1, 0.15) is 0 Å². The average molecular weight is 249 g/mol. The van der Waals surface area contributed by atoms with Crippen LogP contribution in [0.2, 0.25) is 0 Å². The lowest BCUT2D eigenvalue weighted by molar-refractivity contribution is 0.0761. The first kappa shape index (κ1) is 12.8. The number of aromatic amines is 1. The third kappa shape index (κ3) is 2.79. The molecular formula is C13H19N3O2. The van der Waals surface area contributed by atoms with E-state index in [1.165, 1.54) is 18.7 Å². The standard InChI is InChI=1S/C13H19N3O2/c1-15-7-3-4-11(15)9-16(2)13(18)10-5-6-14-12(17)8-10/h5-6,8,11H,3-4,7,9H2,1-2H3,(H,14,17). The highest BCUT2D eigenvalue weighted by atomic mass is 16.2. The van der Waals surface area contributed by atoms with Crippen LogP contribution >= 0.6 is 0 Å². The minimum Gasteiger partial charge on any atom is -0.340 e. The number of amides is 1.